The van der Waals surface area contributed by atoms with Crippen LogP contribution in [0.5, 0.6) is 0 Å². The SMILES string of the molecule is Cn1c(=O)oc2ccc(-c3cncc(C(C)(C)O)c3)cc21. The average Bonchev–Trinajstić information content (AvgIpc) is 2.73. The molecule has 0 radical (unpaired) electrons. The predicted molar refractivity (Wildman–Crippen MR) is 79.9 cm³/mol. The molecule has 0 aliphatic rings. The van der Waals surface area contributed by atoms with E-state index in [1.807, 2.05) is 18.2 Å². The van der Waals surface area contributed by atoms with Crippen molar-refractivity contribution in [2.24, 2.45) is 7.05 Å². The van der Waals surface area contributed by atoms with Crippen LogP contribution in [-0.2, 0) is 12.6 Å². The van der Waals surface area contributed by atoms with Gasteiger partial charge in [-0.2, -0.15) is 0 Å². The number of pyridine rings is 1. The van der Waals surface area contributed by atoms with Crippen molar-refractivity contribution < 1.29 is 9.52 Å². The maximum absolute atomic E-state index is 11.5. The minimum atomic E-state index is -0.949. The molecule has 0 aliphatic carbocycles. The Morgan fingerprint density at radius 3 is 2.67 bits per heavy atom. The highest BCUT2D eigenvalue weighted by molar-refractivity contribution is 5.80. The normalized spacial score (nSPS) is 12.0. The second-order valence-corrected chi connectivity index (χ2v) is 5.63. The van der Waals surface area contributed by atoms with E-state index < -0.39 is 5.60 Å². The highest BCUT2D eigenvalue weighted by Gasteiger charge is 2.17. The Morgan fingerprint density at radius 1 is 1.19 bits per heavy atom. The van der Waals surface area contributed by atoms with Gasteiger partial charge in [-0.3, -0.25) is 9.55 Å². The molecule has 3 aromatic rings. The van der Waals surface area contributed by atoms with Crippen LogP contribution >= 0.6 is 0 Å². The molecule has 0 amide bonds. The first-order valence-electron chi connectivity index (χ1n) is 6.64. The van der Waals surface area contributed by atoms with Gasteiger partial charge in [-0.05, 0) is 37.6 Å². The zero-order chi connectivity index (χ0) is 15.2. The molecule has 2 aromatic heterocycles. The van der Waals surface area contributed by atoms with E-state index in [1.165, 1.54) is 4.57 Å². The summed E-state index contributed by atoms with van der Waals surface area (Å²) in [5.74, 6) is -0.384. The van der Waals surface area contributed by atoms with E-state index in [-0.39, 0.29) is 5.76 Å². The van der Waals surface area contributed by atoms with Crippen molar-refractivity contribution in [3.05, 3.63) is 52.8 Å². The molecular formula is C16H16N2O3. The third-order valence-electron chi connectivity index (χ3n) is 3.57. The Hall–Kier alpha value is -2.40. The summed E-state index contributed by atoms with van der Waals surface area (Å²) in [4.78, 5) is 15.7. The lowest BCUT2D eigenvalue weighted by molar-refractivity contribution is 0.0783. The molecule has 108 valence electrons. The third-order valence-corrected chi connectivity index (χ3v) is 3.57. The van der Waals surface area contributed by atoms with Crippen molar-refractivity contribution in [2.75, 3.05) is 0 Å². The van der Waals surface area contributed by atoms with Gasteiger partial charge in [-0.25, -0.2) is 4.79 Å². The summed E-state index contributed by atoms with van der Waals surface area (Å²) in [6, 6.07) is 7.41. The summed E-state index contributed by atoms with van der Waals surface area (Å²) in [5.41, 5.74) is 2.86. The lowest BCUT2D eigenvalue weighted by atomic mass is 9.97. The van der Waals surface area contributed by atoms with Crippen LogP contribution in [0.2, 0.25) is 0 Å². The van der Waals surface area contributed by atoms with E-state index in [0.29, 0.717) is 5.58 Å². The maximum Gasteiger partial charge on any atom is 0.419 e. The number of aryl methyl sites for hydroxylation is 1. The van der Waals surface area contributed by atoms with Crippen LogP contribution in [0.15, 0.2) is 45.9 Å². The minimum Gasteiger partial charge on any atom is -0.408 e. The molecule has 3 rings (SSSR count). The monoisotopic (exact) mass is 284 g/mol. The van der Waals surface area contributed by atoms with Gasteiger partial charge in [0.05, 0.1) is 11.1 Å². The molecule has 0 fully saturated rings. The Balaban J connectivity index is 2.16. The number of hydrogen-bond acceptors (Lipinski definition) is 4. The third kappa shape index (κ3) is 2.36. The number of benzene rings is 1. The molecule has 5 heteroatoms. The van der Waals surface area contributed by atoms with E-state index in [2.05, 4.69) is 4.98 Å². The van der Waals surface area contributed by atoms with E-state index >= 15 is 0 Å². The van der Waals surface area contributed by atoms with Crippen LogP contribution in [0.4, 0.5) is 0 Å². The zero-order valence-corrected chi connectivity index (χ0v) is 12.1. The summed E-state index contributed by atoms with van der Waals surface area (Å²) in [6.45, 7) is 3.44. The molecule has 0 bridgehead atoms. The number of oxazole rings is 1. The number of hydrogen-bond donors (Lipinski definition) is 1. The minimum absolute atomic E-state index is 0.384. The predicted octanol–water partition coefficient (Wildman–Crippen LogP) is 2.42. The Kier molecular flexibility index (Phi) is 2.95. The first-order valence-corrected chi connectivity index (χ1v) is 6.64. The van der Waals surface area contributed by atoms with E-state index in [1.54, 1.807) is 39.4 Å². The second-order valence-electron chi connectivity index (χ2n) is 5.63. The van der Waals surface area contributed by atoms with Crippen molar-refractivity contribution in [3.63, 3.8) is 0 Å². The molecule has 0 atom stereocenters. The van der Waals surface area contributed by atoms with Crippen molar-refractivity contribution in [1.82, 2.24) is 9.55 Å². The van der Waals surface area contributed by atoms with Crippen LogP contribution in [0, 0.1) is 0 Å². The summed E-state index contributed by atoms with van der Waals surface area (Å²) in [6.07, 6.45) is 3.38. The topological polar surface area (TPSA) is 68.3 Å². The molecule has 1 N–H and O–H groups in total. The Morgan fingerprint density at radius 2 is 1.95 bits per heavy atom. The van der Waals surface area contributed by atoms with E-state index in [4.69, 9.17) is 4.42 Å². The van der Waals surface area contributed by atoms with Crippen LogP contribution in [-0.4, -0.2) is 14.7 Å². The van der Waals surface area contributed by atoms with E-state index in [0.717, 1.165) is 22.2 Å². The number of aliphatic hydroxyl groups is 1. The fraction of sp³-hybridized carbons (Fsp3) is 0.250. The summed E-state index contributed by atoms with van der Waals surface area (Å²) >= 11 is 0. The van der Waals surface area contributed by atoms with Crippen LogP contribution < -0.4 is 5.76 Å². The number of fused-ring (bicyclic) bond motifs is 1. The maximum atomic E-state index is 11.5. The summed E-state index contributed by atoms with van der Waals surface area (Å²) in [7, 11) is 1.67. The van der Waals surface area contributed by atoms with E-state index in [9.17, 15) is 9.90 Å². The number of aromatic nitrogens is 2. The summed E-state index contributed by atoms with van der Waals surface area (Å²) in [5, 5.41) is 10.1. The van der Waals surface area contributed by atoms with Crippen molar-refractivity contribution in [3.8, 4) is 11.1 Å². The number of rotatable bonds is 2. The van der Waals surface area contributed by atoms with Gasteiger partial charge in [0.1, 0.15) is 0 Å². The highest BCUT2D eigenvalue weighted by Crippen LogP contribution is 2.27. The average molecular weight is 284 g/mol. The van der Waals surface area contributed by atoms with Gasteiger partial charge in [-0.15, -0.1) is 0 Å². The van der Waals surface area contributed by atoms with Crippen LogP contribution in [0.3, 0.4) is 0 Å². The zero-order valence-electron chi connectivity index (χ0n) is 12.1. The van der Waals surface area contributed by atoms with Crippen LogP contribution in [0.25, 0.3) is 22.2 Å². The molecule has 0 unspecified atom stereocenters. The quantitative estimate of drug-likeness (QED) is 0.784. The fourth-order valence-electron chi connectivity index (χ4n) is 2.24. The van der Waals surface area contributed by atoms with Crippen LogP contribution in [0.1, 0.15) is 19.4 Å². The Labute approximate surface area is 121 Å². The largest absolute Gasteiger partial charge is 0.419 e. The molecule has 1 aromatic carbocycles. The fourth-order valence-corrected chi connectivity index (χ4v) is 2.24. The van der Waals surface area contributed by atoms with Gasteiger partial charge in [0.15, 0.2) is 5.58 Å². The lowest BCUT2D eigenvalue weighted by Gasteiger charge is -2.17. The molecule has 5 nitrogen and oxygen atoms in total. The second kappa shape index (κ2) is 4.56. The van der Waals surface area contributed by atoms with Gasteiger partial charge >= 0.3 is 5.76 Å². The van der Waals surface area contributed by atoms with Crippen molar-refractivity contribution in [1.29, 1.82) is 0 Å². The van der Waals surface area contributed by atoms with Gasteiger partial charge in [0.25, 0.3) is 0 Å². The van der Waals surface area contributed by atoms with Gasteiger partial charge in [-0.1, -0.05) is 6.07 Å². The molecule has 0 saturated heterocycles. The highest BCUT2D eigenvalue weighted by atomic mass is 16.4. The molecule has 21 heavy (non-hydrogen) atoms. The van der Waals surface area contributed by atoms with Gasteiger partial charge in [0, 0.05) is 30.6 Å². The number of nitrogens with zero attached hydrogens (tertiary/aromatic N) is 2. The molecule has 2 heterocycles. The first-order chi connectivity index (χ1) is 9.86. The molecule has 0 spiro atoms. The molecule has 0 aliphatic heterocycles. The molecular weight excluding hydrogens is 268 g/mol. The smallest absolute Gasteiger partial charge is 0.408 e. The Bertz CT molecular complexity index is 869. The first kappa shape index (κ1) is 13.6. The van der Waals surface area contributed by atoms with Gasteiger partial charge < -0.3 is 9.52 Å². The lowest BCUT2D eigenvalue weighted by Crippen LogP contribution is -2.15. The standard InChI is InChI=1S/C16H16N2O3/c1-16(2,20)12-6-11(8-17-9-12)10-4-5-14-13(7-10)18(3)15(19)21-14/h4-9,20H,1-3H3. The summed E-state index contributed by atoms with van der Waals surface area (Å²) < 4.78 is 6.58. The van der Waals surface area contributed by atoms with Gasteiger partial charge in [0.2, 0.25) is 0 Å². The van der Waals surface area contributed by atoms with Crippen molar-refractivity contribution in [2.45, 2.75) is 19.4 Å². The molecule has 0 saturated carbocycles. The van der Waals surface area contributed by atoms with Crippen molar-refractivity contribution >= 4 is 11.1 Å².